The molecular weight excluding hydrogens is 328 g/mol. The normalized spacial score (nSPS) is 13.3. The first-order valence-electron chi connectivity index (χ1n) is 8.68. The molecule has 0 aliphatic carbocycles. The van der Waals surface area contributed by atoms with Gasteiger partial charge in [0, 0.05) is 23.5 Å². The maximum Gasteiger partial charge on any atom is 0.308 e. The second kappa shape index (κ2) is 7.87. The quantitative estimate of drug-likeness (QED) is 0.608. The molecular formula is C21H22N2O3. The Bertz CT molecular complexity index is 902. The van der Waals surface area contributed by atoms with Crippen molar-refractivity contribution in [1.29, 1.82) is 0 Å². The van der Waals surface area contributed by atoms with E-state index in [-0.39, 0.29) is 5.91 Å². The molecule has 0 fully saturated rings. The van der Waals surface area contributed by atoms with Crippen molar-refractivity contribution < 1.29 is 14.7 Å². The lowest BCUT2D eigenvalue weighted by atomic mass is 9.94. The molecule has 0 bridgehead atoms. The van der Waals surface area contributed by atoms with E-state index in [1.165, 1.54) is 0 Å². The molecule has 0 saturated carbocycles. The number of carboxylic acids is 1. The van der Waals surface area contributed by atoms with Gasteiger partial charge in [-0.25, -0.2) is 0 Å². The van der Waals surface area contributed by atoms with Crippen LogP contribution in [0.2, 0.25) is 0 Å². The van der Waals surface area contributed by atoms with Crippen molar-refractivity contribution in [1.82, 2.24) is 10.3 Å². The standard InChI is InChI=1S/C21H22N2O3/c1-14(21(25)26)20(15-7-3-2-4-8-15)23-19(24)12-11-16-13-22-18-10-6-5-9-17(16)18/h2-10,13-14,20,22H,11-12H2,1H3,(H,23,24)(H,25,26)/t14-,20+/m0/s1. The van der Waals surface area contributed by atoms with Crippen molar-refractivity contribution in [3.63, 3.8) is 0 Å². The van der Waals surface area contributed by atoms with Gasteiger partial charge in [-0.1, -0.05) is 48.5 Å². The number of amides is 1. The maximum absolute atomic E-state index is 12.5. The van der Waals surface area contributed by atoms with E-state index in [9.17, 15) is 14.7 Å². The van der Waals surface area contributed by atoms with Crippen LogP contribution in [0.1, 0.15) is 30.5 Å². The van der Waals surface area contributed by atoms with Crippen LogP contribution in [-0.2, 0) is 16.0 Å². The van der Waals surface area contributed by atoms with Gasteiger partial charge in [-0.05, 0) is 30.5 Å². The Morgan fingerprint density at radius 2 is 1.77 bits per heavy atom. The number of H-pyrrole nitrogens is 1. The minimum atomic E-state index is -0.934. The summed E-state index contributed by atoms with van der Waals surface area (Å²) in [5.74, 6) is -1.80. The molecule has 0 saturated heterocycles. The minimum absolute atomic E-state index is 0.155. The number of benzene rings is 2. The molecule has 5 heteroatoms. The van der Waals surface area contributed by atoms with Gasteiger partial charge in [0.1, 0.15) is 0 Å². The van der Waals surface area contributed by atoms with E-state index in [4.69, 9.17) is 0 Å². The largest absolute Gasteiger partial charge is 0.481 e. The maximum atomic E-state index is 12.5. The molecule has 3 aromatic rings. The van der Waals surface area contributed by atoms with Crippen LogP contribution in [0.25, 0.3) is 10.9 Å². The molecule has 5 nitrogen and oxygen atoms in total. The van der Waals surface area contributed by atoms with Crippen LogP contribution >= 0.6 is 0 Å². The van der Waals surface area contributed by atoms with Gasteiger partial charge in [-0.15, -0.1) is 0 Å². The van der Waals surface area contributed by atoms with E-state index < -0.39 is 17.9 Å². The summed E-state index contributed by atoms with van der Waals surface area (Å²) >= 11 is 0. The van der Waals surface area contributed by atoms with Crippen molar-refractivity contribution in [2.75, 3.05) is 0 Å². The monoisotopic (exact) mass is 350 g/mol. The highest BCUT2D eigenvalue weighted by molar-refractivity contribution is 5.84. The zero-order valence-electron chi connectivity index (χ0n) is 14.6. The SMILES string of the molecule is C[C@H](C(=O)O)[C@@H](NC(=O)CCc1c[nH]c2ccccc12)c1ccccc1. The van der Waals surface area contributed by atoms with Gasteiger partial charge < -0.3 is 15.4 Å². The Hall–Kier alpha value is -3.08. The number of aliphatic carboxylic acids is 1. The second-order valence-corrected chi connectivity index (χ2v) is 6.44. The summed E-state index contributed by atoms with van der Waals surface area (Å²) in [4.78, 5) is 27.1. The third-order valence-corrected chi connectivity index (χ3v) is 4.66. The summed E-state index contributed by atoms with van der Waals surface area (Å²) < 4.78 is 0. The molecule has 1 heterocycles. The molecule has 1 aromatic heterocycles. The predicted molar refractivity (Wildman–Crippen MR) is 101 cm³/mol. The fourth-order valence-corrected chi connectivity index (χ4v) is 3.13. The summed E-state index contributed by atoms with van der Waals surface area (Å²) in [6, 6.07) is 16.6. The number of aromatic nitrogens is 1. The average molecular weight is 350 g/mol. The molecule has 2 atom stereocenters. The first-order chi connectivity index (χ1) is 12.6. The number of carbonyl (C=O) groups is 2. The Morgan fingerprint density at radius 3 is 2.50 bits per heavy atom. The number of carbonyl (C=O) groups excluding carboxylic acids is 1. The first kappa shape index (κ1) is 17.7. The Morgan fingerprint density at radius 1 is 1.08 bits per heavy atom. The van der Waals surface area contributed by atoms with Crippen molar-refractivity contribution in [3.8, 4) is 0 Å². The van der Waals surface area contributed by atoms with Crippen LogP contribution in [0.3, 0.4) is 0 Å². The topological polar surface area (TPSA) is 82.2 Å². The van der Waals surface area contributed by atoms with E-state index in [0.717, 1.165) is 22.0 Å². The molecule has 2 aromatic carbocycles. The zero-order chi connectivity index (χ0) is 18.5. The Labute approximate surface area is 152 Å². The number of aromatic amines is 1. The van der Waals surface area contributed by atoms with Crippen molar-refractivity contribution >= 4 is 22.8 Å². The highest BCUT2D eigenvalue weighted by Crippen LogP contribution is 2.23. The van der Waals surface area contributed by atoms with Crippen LogP contribution < -0.4 is 5.32 Å². The molecule has 26 heavy (non-hydrogen) atoms. The smallest absolute Gasteiger partial charge is 0.308 e. The number of hydrogen-bond acceptors (Lipinski definition) is 2. The van der Waals surface area contributed by atoms with Crippen LogP contribution in [0.15, 0.2) is 60.8 Å². The van der Waals surface area contributed by atoms with Gasteiger partial charge in [0.25, 0.3) is 0 Å². The van der Waals surface area contributed by atoms with Gasteiger partial charge >= 0.3 is 5.97 Å². The molecule has 1 amide bonds. The number of hydrogen-bond donors (Lipinski definition) is 3. The predicted octanol–water partition coefficient (Wildman–Crippen LogP) is 3.68. The summed E-state index contributed by atoms with van der Waals surface area (Å²) in [5.41, 5.74) is 2.92. The average Bonchev–Trinajstić information content (AvgIpc) is 3.07. The third kappa shape index (κ3) is 3.94. The fraction of sp³-hybridized carbons (Fsp3) is 0.238. The zero-order valence-corrected chi connectivity index (χ0v) is 14.6. The van der Waals surface area contributed by atoms with Crippen molar-refractivity contribution in [2.45, 2.75) is 25.8 Å². The highest BCUT2D eigenvalue weighted by Gasteiger charge is 2.26. The molecule has 0 radical (unpaired) electrons. The van der Waals surface area contributed by atoms with E-state index in [0.29, 0.717) is 12.8 Å². The molecule has 0 unspecified atom stereocenters. The lowest BCUT2D eigenvalue weighted by molar-refractivity contribution is -0.142. The summed E-state index contributed by atoms with van der Waals surface area (Å²) in [7, 11) is 0. The summed E-state index contributed by atoms with van der Waals surface area (Å²) in [6.45, 7) is 1.61. The van der Waals surface area contributed by atoms with Gasteiger partial charge in [-0.2, -0.15) is 0 Å². The van der Waals surface area contributed by atoms with E-state index >= 15 is 0 Å². The number of nitrogens with one attached hydrogen (secondary N) is 2. The van der Waals surface area contributed by atoms with E-state index in [1.807, 2.05) is 60.8 Å². The lowest BCUT2D eigenvalue weighted by Crippen LogP contribution is -2.35. The second-order valence-electron chi connectivity index (χ2n) is 6.44. The van der Waals surface area contributed by atoms with Crippen molar-refractivity contribution in [2.24, 2.45) is 5.92 Å². The molecule has 0 aliphatic rings. The Balaban J connectivity index is 1.69. The number of aryl methyl sites for hydroxylation is 1. The van der Waals surface area contributed by atoms with Crippen LogP contribution in [0.5, 0.6) is 0 Å². The molecule has 0 aliphatic heterocycles. The van der Waals surface area contributed by atoms with Crippen LogP contribution in [0.4, 0.5) is 0 Å². The van der Waals surface area contributed by atoms with E-state index in [2.05, 4.69) is 10.3 Å². The van der Waals surface area contributed by atoms with Crippen molar-refractivity contribution in [3.05, 3.63) is 71.9 Å². The third-order valence-electron chi connectivity index (χ3n) is 4.66. The Kier molecular flexibility index (Phi) is 5.37. The van der Waals surface area contributed by atoms with Gasteiger partial charge in [-0.3, -0.25) is 9.59 Å². The van der Waals surface area contributed by atoms with Crippen LogP contribution in [0, 0.1) is 5.92 Å². The minimum Gasteiger partial charge on any atom is -0.481 e. The number of rotatable bonds is 7. The van der Waals surface area contributed by atoms with Gasteiger partial charge in [0.2, 0.25) is 5.91 Å². The number of carboxylic acid groups (broad SMARTS) is 1. The number of fused-ring (bicyclic) bond motifs is 1. The summed E-state index contributed by atoms with van der Waals surface area (Å²) in [5, 5.41) is 13.4. The summed E-state index contributed by atoms with van der Waals surface area (Å²) in [6.07, 6.45) is 2.82. The molecule has 134 valence electrons. The molecule has 0 spiro atoms. The number of para-hydroxylation sites is 1. The molecule has 3 N–H and O–H groups in total. The fourth-order valence-electron chi connectivity index (χ4n) is 3.13. The van der Waals surface area contributed by atoms with Gasteiger partial charge in [0.05, 0.1) is 12.0 Å². The highest BCUT2D eigenvalue weighted by atomic mass is 16.4. The van der Waals surface area contributed by atoms with E-state index in [1.54, 1.807) is 6.92 Å². The van der Waals surface area contributed by atoms with Gasteiger partial charge in [0.15, 0.2) is 0 Å². The van der Waals surface area contributed by atoms with Crippen LogP contribution in [-0.4, -0.2) is 22.0 Å². The lowest BCUT2D eigenvalue weighted by Gasteiger charge is -2.23. The first-order valence-corrected chi connectivity index (χ1v) is 8.68. The molecule has 3 rings (SSSR count).